The summed E-state index contributed by atoms with van der Waals surface area (Å²) >= 11 is 0. The first-order chi connectivity index (χ1) is 15.9. The highest BCUT2D eigenvalue weighted by atomic mass is 15.2. The molecule has 0 amide bonds. The highest BCUT2D eigenvalue weighted by Crippen LogP contribution is 2.14. The van der Waals surface area contributed by atoms with Gasteiger partial charge in [0, 0.05) is 26.1 Å². The summed E-state index contributed by atoms with van der Waals surface area (Å²) in [5, 5.41) is 3.67. The Balaban J connectivity index is 1.85. The van der Waals surface area contributed by atoms with E-state index in [0.717, 1.165) is 26.2 Å². The fourth-order valence-corrected chi connectivity index (χ4v) is 4.85. The zero-order valence-electron chi connectivity index (χ0n) is 22.3. The lowest BCUT2D eigenvalue weighted by atomic mass is 10.1. The molecule has 0 bridgehead atoms. The van der Waals surface area contributed by atoms with Crippen molar-refractivity contribution >= 4 is 5.84 Å². The Morgan fingerprint density at radius 2 is 1.06 bits per heavy atom. The van der Waals surface area contributed by atoms with Gasteiger partial charge in [-0.05, 0) is 19.4 Å². The van der Waals surface area contributed by atoms with Crippen LogP contribution in [-0.4, -0.2) is 43.5 Å². The molecule has 1 aliphatic rings. The van der Waals surface area contributed by atoms with Gasteiger partial charge in [-0.1, -0.05) is 129 Å². The molecule has 3 nitrogen and oxygen atoms in total. The van der Waals surface area contributed by atoms with E-state index in [9.17, 15) is 0 Å². The van der Waals surface area contributed by atoms with E-state index >= 15 is 0 Å². The highest BCUT2D eigenvalue weighted by molar-refractivity contribution is 5.83. The number of hydrogen-bond donors (Lipinski definition) is 1. The van der Waals surface area contributed by atoms with Crippen LogP contribution in [0.1, 0.15) is 149 Å². The van der Waals surface area contributed by atoms with E-state index < -0.39 is 0 Å². The number of aliphatic imine (C=N–C) groups is 1. The van der Waals surface area contributed by atoms with Crippen LogP contribution in [0.25, 0.3) is 0 Å². The minimum Gasteiger partial charge on any atom is -0.357 e. The topological polar surface area (TPSA) is 27.6 Å². The molecule has 32 heavy (non-hydrogen) atoms. The van der Waals surface area contributed by atoms with Crippen LogP contribution < -0.4 is 5.32 Å². The lowest BCUT2D eigenvalue weighted by Crippen LogP contribution is -2.35. The molecule has 0 fully saturated rings. The molecular weight excluding hydrogens is 390 g/mol. The number of rotatable bonds is 25. The molecule has 1 N–H and O–H groups in total. The molecule has 0 aliphatic carbocycles. The minimum atomic E-state index is 1.02. The average molecular weight is 450 g/mol. The second kappa shape index (κ2) is 23.6. The van der Waals surface area contributed by atoms with Gasteiger partial charge in [0.2, 0.25) is 0 Å². The van der Waals surface area contributed by atoms with Crippen LogP contribution in [0.5, 0.6) is 0 Å². The highest BCUT2D eigenvalue weighted by Gasteiger charge is 2.15. The molecule has 1 aliphatic heterocycles. The van der Waals surface area contributed by atoms with Crippen molar-refractivity contribution in [2.24, 2.45) is 4.99 Å². The first kappa shape index (κ1) is 29.5. The molecule has 0 spiro atoms. The van der Waals surface area contributed by atoms with Crippen molar-refractivity contribution in [3.05, 3.63) is 0 Å². The van der Waals surface area contributed by atoms with E-state index in [0.29, 0.717) is 0 Å². The fourth-order valence-electron chi connectivity index (χ4n) is 4.85. The molecule has 3 heteroatoms. The van der Waals surface area contributed by atoms with Gasteiger partial charge in [0.25, 0.3) is 0 Å². The van der Waals surface area contributed by atoms with Gasteiger partial charge in [-0.2, -0.15) is 0 Å². The van der Waals surface area contributed by atoms with Crippen molar-refractivity contribution in [1.82, 2.24) is 10.2 Å². The molecule has 0 aromatic heterocycles. The third-order valence-corrected chi connectivity index (χ3v) is 7.05. The molecule has 0 aromatic rings. The number of hydrogen-bond acceptors (Lipinski definition) is 3. The van der Waals surface area contributed by atoms with E-state index in [1.165, 1.54) is 147 Å². The van der Waals surface area contributed by atoms with Crippen molar-refractivity contribution in [3.8, 4) is 0 Å². The minimum absolute atomic E-state index is 1.02. The summed E-state index contributed by atoms with van der Waals surface area (Å²) in [6.07, 6.45) is 29.6. The maximum absolute atomic E-state index is 4.79. The van der Waals surface area contributed by atoms with Crippen molar-refractivity contribution < 1.29 is 0 Å². The summed E-state index contributed by atoms with van der Waals surface area (Å²) in [5.41, 5.74) is 0. The zero-order valence-corrected chi connectivity index (χ0v) is 22.3. The number of nitrogens with zero attached hydrogens (tertiary/aromatic N) is 2. The standard InChI is InChI=1S/C29H59N3/c1-3-5-7-9-11-13-15-17-19-21-23-29-31-26-28-32(29)27-25-30-24-22-20-18-16-14-12-10-8-6-4-2/h30H,3-28H2,1-2H3. The molecule has 0 unspecified atom stereocenters. The Kier molecular flexibility index (Phi) is 21.7. The molecule has 0 saturated carbocycles. The molecule has 0 atom stereocenters. The second-order valence-corrected chi connectivity index (χ2v) is 10.1. The number of amidine groups is 1. The summed E-state index contributed by atoms with van der Waals surface area (Å²) in [7, 11) is 0. The van der Waals surface area contributed by atoms with Gasteiger partial charge in [0.05, 0.1) is 12.4 Å². The van der Waals surface area contributed by atoms with Crippen LogP contribution in [0, 0.1) is 0 Å². The third-order valence-electron chi connectivity index (χ3n) is 7.05. The molecule has 1 rings (SSSR count). The summed E-state index contributed by atoms with van der Waals surface area (Å²) in [6, 6.07) is 0. The summed E-state index contributed by atoms with van der Waals surface area (Å²) in [6.45, 7) is 10.2. The quantitative estimate of drug-likeness (QED) is 0.141. The predicted molar refractivity (Wildman–Crippen MR) is 145 cm³/mol. The zero-order chi connectivity index (χ0) is 23.0. The van der Waals surface area contributed by atoms with E-state index in [4.69, 9.17) is 4.99 Å². The van der Waals surface area contributed by atoms with Gasteiger partial charge in [-0.25, -0.2) is 0 Å². The molecule has 0 radical (unpaired) electrons. The summed E-state index contributed by atoms with van der Waals surface area (Å²) in [5.74, 6) is 1.39. The van der Waals surface area contributed by atoms with Gasteiger partial charge in [-0.3, -0.25) is 4.99 Å². The van der Waals surface area contributed by atoms with Crippen LogP contribution in [0.4, 0.5) is 0 Å². The Hall–Kier alpha value is -0.570. The smallest absolute Gasteiger partial charge is 0.0990 e. The van der Waals surface area contributed by atoms with Gasteiger partial charge in [0.15, 0.2) is 0 Å². The van der Waals surface area contributed by atoms with Crippen molar-refractivity contribution in [1.29, 1.82) is 0 Å². The van der Waals surface area contributed by atoms with E-state index in [2.05, 4.69) is 24.1 Å². The SMILES string of the molecule is CCCCCCCCCCCCNCCN1CCN=C1CCCCCCCCCCCC. The van der Waals surface area contributed by atoms with Gasteiger partial charge >= 0.3 is 0 Å². The largest absolute Gasteiger partial charge is 0.357 e. The van der Waals surface area contributed by atoms with Gasteiger partial charge in [0.1, 0.15) is 0 Å². The Morgan fingerprint density at radius 3 is 1.59 bits per heavy atom. The molecule has 1 heterocycles. The lowest BCUT2D eigenvalue weighted by Gasteiger charge is -2.20. The van der Waals surface area contributed by atoms with Crippen LogP contribution in [-0.2, 0) is 0 Å². The first-order valence-electron chi connectivity index (χ1n) is 14.9. The Labute approximate surface area is 202 Å². The maximum atomic E-state index is 4.79. The monoisotopic (exact) mass is 449 g/mol. The summed E-state index contributed by atoms with van der Waals surface area (Å²) < 4.78 is 0. The molecular formula is C29H59N3. The van der Waals surface area contributed by atoms with E-state index in [-0.39, 0.29) is 0 Å². The summed E-state index contributed by atoms with van der Waals surface area (Å²) in [4.78, 5) is 7.33. The lowest BCUT2D eigenvalue weighted by molar-refractivity contribution is 0.430. The predicted octanol–water partition coefficient (Wildman–Crippen LogP) is 8.52. The number of unbranched alkanes of at least 4 members (excludes halogenated alkanes) is 18. The van der Waals surface area contributed by atoms with Crippen molar-refractivity contribution in [2.75, 3.05) is 32.7 Å². The first-order valence-corrected chi connectivity index (χ1v) is 14.9. The molecule has 0 saturated heterocycles. The van der Waals surface area contributed by atoms with E-state index in [1.54, 1.807) is 0 Å². The molecule has 0 aromatic carbocycles. The third kappa shape index (κ3) is 17.9. The molecule has 190 valence electrons. The van der Waals surface area contributed by atoms with Crippen LogP contribution in [0.3, 0.4) is 0 Å². The van der Waals surface area contributed by atoms with Crippen molar-refractivity contribution in [2.45, 2.75) is 149 Å². The maximum Gasteiger partial charge on any atom is 0.0990 e. The van der Waals surface area contributed by atoms with Gasteiger partial charge < -0.3 is 10.2 Å². The normalized spacial score (nSPS) is 13.8. The Morgan fingerprint density at radius 1 is 0.594 bits per heavy atom. The average Bonchev–Trinajstić information content (AvgIpc) is 3.25. The van der Waals surface area contributed by atoms with E-state index in [1.807, 2.05) is 0 Å². The Bertz CT molecular complexity index is 407. The van der Waals surface area contributed by atoms with Crippen molar-refractivity contribution in [3.63, 3.8) is 0 Å². The van der Waals surface area contributed by atoms with Crippen LogP contribution in [0.15, 0.2) is 4.99 Å². The fraction of sp³-hybridized carbons (Fsp3) is 0.966. The van der Waals surface area contributed by atoms with Crippen LogP contribution in [0.2, 0.25) is 0 Å². The number of nitrogens with one attached hydrogen (secondary N) is 1. The van der Waals surface area contributed by atoms with Gasteiger partial charge in [-0.15, -0.1) is 0 Å². The van der Waals surface area contributed by atoms with Crippen LogP contribution >= 0.6 is 0 Å². The second-order valence-electron chi connectivity index (χ2n) is 10.1.